The van der Waals surface area contributed by atoms with Crippen LogP contribution in [0.2, 0.25) is 0 Å². The lowest BCUT2D eigenvalue weighted by Crippen LogP contribution is -2.22. The number of aromatic amines is 2. The van der Waals surface area contributed by atoms with E-state index in [1.165, 1.54) is 0 Å². The van der Waals surface area contributed by atoms with Crippen LogP contribution >= 0.6 is 0 Å². The molecule has 5 aromatic rings. The first-order valence-electron chi connectivity index (χ1n) is 8.34. The Labute approximate surface area is 148 Å². The summed E-state index contributed by atoms with van der Waals surface area (Å²) in [6.45, 7) is 0.473. The van der Waals surface area contributed by atoms with Crippen LogP contribution in [-0.4, -0.2) is 26.1 Å². The highest BCUT2D eigenvalue weighted by atomic mass is 16.1. The molecule has 126 valence electrons. The van der Waals surface area contributed by atoms with Gasteiger partial charge in [0.1, 0.15) is 0 Å². The van der Waals surface area contributed by atoms with Gasteiger partial charge in [-0.1, -0.05) is 18.2 Å². The first-order valence-corrected chi connectivity index (χ1v) is 8.34. The maximum Gasteiger partial charge on any atom is 0.251 e. The van der Waals surface area contributed by atoms with Crippen LogP contribution in [0.5, 0.6) is 0 Å². The standard InChI is InChI=1S/C20H15N5O/c26-20(22-10-12-5-7-21-8-6-12)13-1-3-15-16-4-2-14-11-23-25-18(14)19(16)24-17(15)9-13/h1-9,11,24H,10H2,(H,22,26)(H,23,25). The lowest BCUT2D eigenvalue weighted by Gasteiger charge is -2.05. The Hall–Kier alpha value is -3.67. The number of benzene rings is 2. The van der Waals surface area contributed by atoms with Crippen LogP contribution in [0.4, 0.5) is 0 Å². The van der Waals surface area contributed by atoms with Gasteiger partial charge in [0.15, 0.2) is 0 Å². The van der Waals surface area contributed by atoms with Crippen LogP contribution < -0.4 is 5.32 Å². The van der Waals surface area contributed by atoms with E-state index in [-0.39, 0.29) is 5.91 Å². The predicted molar refractivity (Wildman–Crippen MR) is 101 cm³/mol. The van der Waals surface area contributed by atoms with Crippen molar-refractivity contribution < 1.29 is 4.79 Å². The Kier molecular flexibility index (Phi) is 3.21. The Morgan fingerprint density at radius 1 is 1.00 bits per heavy atom. The maximum atomic E-state index is 12.5. The molecule has 0 fully saturated rings. The number of carbonyl (C=O) groups is 1. The van der Waals surface area contributed by atoms with Crippen LogP contribution in [0, 0.1) is 0 Å². The molecule has 0 bridgehead atoms. The lowest BCUT2D eigenvalue weighted by molar-refractivity contribution is 0.0951. The molecule has 3 aromatic heterocycles. The van der Waals surface area contributed by atoms with E-state index in [1.807, 2.05) is 36.4 Å². The monoisotopic (exact) mass is 341 g/mol. The van der Waals surface area contributed by atoms with Crippen LogP contribution in [0.3, 0.4) is 0 Å². The van der Waals surface area contributed by atoms with E-state index in [2.05, 4.69) is 31.5 Å². The number of hydrogen-bond donors (Lipinski definition) is 3. The molecular formula is C20H15N5O. The van der Waals surface area contributed by atoms with Crippen molar-refractivity contribution >= 4 is 38.6 Å². The number of pyridine rings is 1. The largest absolute Gasteiger partial charge is 0.353 e. The summed E-state index contributed by atoms with van der Waals surface area (Å²) >= 11 is 0. The van der Waals surface area contributed by atoms with Crippen LogP contribution in [-0.2, 0) is 6.54 Å². The maximum absolute atomic E-state index is 12.5. The molecule has 5 rings (SSSR count). The number of aromatic nitrogens is 4. The van der Waals surface area contributed by atoms with Crippen molar-refractivity contribution in [1.29, 1.82) is 0 Å². The summed E-state index contributed by atoms with van der Waals surface area (Å²) in [5.74, 6) is -0.103. The number of rotatable bonds is 3. The van der Waals surface area contributed by atoms with E-state index < -0.39 is 0 Å². The van der Waals surface area contributed by atoms with Crippen molar-refractivity contribution in [2.45, 2.75) is 6.54 Å². The fourth-order valence-electron chi connectivity index (χ4n) is 3.31. The second-order valence-corrected chi connectivity index (χ2v) is 6.25. The minimum absolute atomic E-state index is 0.103. The average molecular weight is 341 g/mol. The molecule has 3 heterocycles. The average Bonchev–Trinajstić information content (AvgIpc) is 3.30. The fraction of sp³-hybridized carbons (Fsp3) is 0.0500. The number of carbonyl (C=O) groups excluding carboxylic acids is 1. The summed E-state index contributed by atoms with van der Waals surface area (Å²) < 4.78 is 0. The summed E-state index contributed by atoms with van der Waals surface area (Å²) in [5.41, 5.74) is 4.55. The molecule has 6 heteroatoms. The second kappa shape index (κ2) is 5.70. The predicted octanol–water partition coefficient (Wildman–Crippen LogP) is 3.52. The summed E-state index contributed by atoms with van der Waals surface area (Å²) in [5, 5.41) is 13.3. The highest BCUT2D eigenvalue weighted by Crippen LogP contribution is 2.30. The third kappa shape index (κ3) is 2.31. The highest BCUT2D eigenvalue weighted by Gasteiger charge is 2.12. The van der Waals surface area contributed by atoms with Crippen molar-refractivity contribution in [1.82, 2.24) is 25.5 Å². The normalized spacial score (nSPS) is 11.4. The van der Waals surface area contributed by atoms with Gasteiger partial charge in [-0.2, -0.15) is 5.10 Å². The summed E-state index contributed by atoms with van der Waals surface area (Å²) in [6.07, 6.45) is 5.24. The molecular weight excluding hydrogens is 326 g/mol. The zero-order valence-electron chi connectivity index (χ0n) is 13.8. The van der Waals surface area contributed by atoms with E-state index >= 15 is 0 Å². The van der Waals surface area contributed by atoms with E-state index in [0.29, 0.717) is 12.1 Å². The molecule has 0 spiro atoms. The number of nitrogens with one attached hydrogen (secondary N) is 3. The molecule has 1 amide bonds. The number of nitrogens with zero attached hydrogens (tertiary/aromatic N) is 2. The minimum Gasteiger partial charge on any atom is -0.353 e. The Morgan fingerprint density at radius 2 is 1.85 bits per heavy atom. The molecule has 0 aliphatic rings. The first-order chi connectivity index (χ1) is 12.8. The van der Waals surface area contributed by atoms with Gasteiger partial charge in [-0.25, -0.2) is 0 Å². The van der Waals surface area contributed by atoms with Crippen molar-refractivity contribution in [3.63, 3.8) is 0 Å². The van der Waals surface area contributed by atoms with Gasteiger partial charge in [-0.3, -0.25) is 14.9 Å². The van der Waals surface area contributed by atoms with E-state index in [9.17, 15) is 4.79 Å². The van der Waals surface area contributed by atoms with Gasteiger partial charge < -0.3 is 10.3 Å². The molecule has 0 atom stereocenters. The van der Waals surface area contributed by atoms with Crippen molar-refractivity contribution in [2.75, 3.05) is 0 Å². The number of H-pyrrole nitrogens is 2. The van der Waals surface area contributed by atoms with Gasteiger partial charge in [0, 0.05) is 46.2 Å². The van der Waals surface area contributed by atoms with Crippen LogP contribution in [0.25, 0.3) is 32.7 Å². The molecule has 0 saturated heterocycles. The minimum atomic E-state index is -0.103. The molecule has 2 aromatic carbocycles. The summed E-state index contributed by atoms with van der Waals surface area (Å²) in [6, 6.07) is 13.6. The lowest BCUT2D eigenvalue weighted by atomic mass is 10.1. The smallest absolute Gasteiger partial charge is 0.251 e. The molecule has 26 heavy (non-hydrogen) atoms. The van der Waals surface area contributed by atoms with Gasteiger partial charge in [0.05, 0.1) is 17.2 Å². The Morgan fingerprint density at radius 3 is 2.73 bits per heavy atom. The Bertz CT molecular complexity index is 1250. The topological polar surface area (TPSA) is 86.5 Å². The van der Waals surface area contributed by atoms with Crippen LogP contribution in [0.15, 0.2) is 61.1 Å². The molecule has 0 aliphatic heterocycles. The zero-order valence-corrected chi connectivity index (χ0v) is 13.8. The molecule has 0 radical (unpaired) electrons. The highest BCUT2D eigenvalue weighted by molar-refractivity contribution is 6.16. The van der Waals surface area contributed by atoms with E-state index in [4.69, 9.17) is 0 Å². The summed E-state index contributed by atoms with van der Waals surface area (Å²) in [7, 11) is 0. The Balaban J connectivity index is 1.51. The molecule has 0 unspecified atom stereocenters. The SMILES string of the molecule is O=C(NCc1ccncc1)c1ccc2c(c1)[nH]c1c2ccc2cn[nH]c21. The quantitative estimate of drug-likeness (QED) is 0.469. The molecule has 0 aliphatic carbocycles. The molecule has 0 saturated carbocycles. The van der Waals surface area contributed by atoms with Crippen molar-refractivity contribution in [3.05, 3.63) is 72.2 Å². The van der Waals surface area contributed by atoms with E-state index in [0.717, 1.165) is 38.3 Å². The van der Waals surface area contributed by atoms with Gasteiger partial charge in [0.2, 0.25) is 0 Å². The number of amides is 1. The first kappa shape index (κ1) is 14.7. The van der Waals surface area contributed by atoms with Crippen molar-refractivity contribution in [2.24, 2.45) is 0 Å². The molecule has 6 nitrogen and oxygen atoms in total. The van der Waals surface area contributed by atoms with E-state index in [1.54, 1.807) is 18.6 Å². The second-order valence-electron chi connectivity index (χ2n) is 6.25. The van der Waals surface area contributed by atoms with Crippen LogP contribution in [0.1, 0.15) is 15.9 Å². The number of fused-ring (bicyclic) bond motifs is 5. The summed E-state index contributed by atoms with van der Waals surface area (Å²) in [4.78, 5) is 19.9. The van der Waals surface area contributed by atoms with Gasteiger partial charge >= 0.3 is 0 Å². The van der Waals surface area contributed by atoms with Gasteiger partial charge in [0.25, 0.3) is 5.91 Å². The third-order valence-corrected chi connectivity index (χ3v) is 4.65. The van der Waals surface area contributed by atoms with Crippen molar-refractivity contribution in [3.8, 4) is 0 Å². The fourth-order valence-corrected chi connectivity index (χ4v) is 3.31. The zero-order chi connectivity index (χ0) is 17.5. The van der Waals surface area contributed by atoms with Gasteiger partial charge in [-0.15, -0.1) is 0 Å². The third-order valence-electron chi connectivity index (χ3n) is 4.65. The number of hydrogen-bond acceptors (Lipinski definition) is 3. The van der Waals surface area contributed by atoms with Gasteiger partial charge in [-0.05, 0) is 29.8 Å². The molecule has 3 N–H and O–H groups in total.